The van der Waals surface area contributed by atoms with Crippen LogP contribution in [0.25, 0.3) is 11.0 Å². The molecule has 1 aliphatic rings. The quantitative estimate of drug-likeness (QED) is 0.824. The Morgan fingerprint density at radius 3 is 3.05 bits per heavy atom. The summed E-state index contributed by atoms with van der Waals surface area (Å²) in [7, 11) is 1.81. The van der Waals surface area contributed by atoms with Gasteiger partial charge < -0.3 is 5.73 Å². The van der Waals surface area contributed by atoms with E-state index in [2.05, 4.69) is 20.0 Å². The highest BCUT2D eigenvalue weighted by atomic mass is 35.5. The molecule has 0 radical (unpaired) electrons. The molecule has 20 heavy (non-hydrogen) atoms. The van der Waals surface area contributed by atoms with Gasteiger partial charge in [0.05, 0.1) is 24.0 Å². The molecule has 7 nitrogen and oxygen atoms in total. The van der Waals surface area contributed by atoms with Gasteiger partial charge >= 0.3 is 0 Å². The maximum atomic E-state index is 11.2. The molecule has 1 amide bonds. The first kappa shape index (κ1) is 13.3. The Hall–Kier alpha value is -1.73. The minimum absolute atomic E-state index is 0.0779. The van der Waals surface area contributed by atoms with Gasteiger partial charge in [-0.2, -0.15) is 5.10 Å². The average molecular weight is 295 g/mol. The molecule has 1 unspecified atom stereocenters. The lowest BCUT2D eigenvalue weighted by Crippen LogP contribution is -2.27. The SMILES string of the molecule is Cn1ncc2c(Cl)nc(CN3CCC(C(N)=O)C3)nc21. The lowest BCUT2D eigenvalue weighted by atomic mass is 10.1. The zero-order valence-corrected chi connectivity index (χ0v) is 11.8. The van der Waals surface area contributed by atoms with E-state index >= 15 is 0 Å². The van der Waals surface area contributed by atoms with Crippen molar-refractivity contribution in [2.45, 2.75) is 13.0 Å². The Bertz CT molecular complexity index is 669. The van der Waals surface area contributed by atoms with Gasteiger partial charge in [-0.05, 0) is 13.0 Å². The zero-order valence-electron chi connectivity index (χ0n) is 11.1. The van der Waals surface area contributed by atoms with Crippen molar-refractivity contribution in [3.63, 3.8) is 0 Å². The molecule has 106 valence electrons. The summed E-state index contributed by atoms with van der Waals surface area (Å²) in [5.41, 5.74) is 6.04. The van der Waals surface area contributed by atoms with Crippen LogP contribution in [0.15, 0.2) is 6.20 Å². The second kappa shape index (κ2) is 4.99. The number of amides is 1. The van der Waals surface area contributed by atoms with E-state index in [1.54, 1.807) is 10.9 Å². The molecule has 3 heterocycles. The molecule has 3 rings (SSSR count). The highest BCUT2D eigenvalue weighted by molar-refractivity contribution is 6.33. The summed E-state index contributed by atoms with van der Waals surface area (Å²) in [6, 6.07) is 0. The summed E-state index contributed by atoms with van der Waals surface area (Å²) < 4.78 is 1.67. The number of aryl methyl sites for hydroxylation is 1. The first-order chi connectivity index (χ1) is 9.54. The maximum Gasteiger partial charge on any atom is 0.221 e. The van der Waals surface area contributed by atoms with E-state index in [0.717, 1.165) is 18.4 Å². The maximum absolute atomic E-state index is 11.2. The van der Waals surface area contributed by atoms with Crippen LogP contribution >= 0.6 is 11.6 Å². The molecule has 0 spiro atoms. The first-order valence-corrected chi connectivity index (χ1v) is 6.78. The van der Waals surface area contributed by atoms with Crippen molar-refractivity contribution < 1.29 is 4.79 Å². The summed E-state index contributed by atoms with van der Waals surface area (Å²) in [6.07, 6.45) is 2.44. The number of likely N-dealkylation sites (tertiary alicyclic amines) is 1. The van der Waals surface area contributed by atoms with Crippen LogP contribution < -0.4 is 5.73 Å². The van der Waals surface area contributed by atoms with Crippen molar-refractivity contribution >= 4 is 28.5 Å². The molecular weight excluding hydrogens is 280 g/mol. The third-order valence-electron chi connectivity index (χ3n) is 3.63. The Labute approximate surface area is 120 Å². The van der Waals surface area contributed by atoms with Crippen LogP contribution in [0.5, 0.6) is 0 Å². The van der Waals surface area contributed by atoms with E-state index in [4.69, 9.17) is 17.3 Å². The van der Waals surface area contributed by atoms with Crippen molar-refractivity contribution in [3.05, 3.63) is 17.2 Å². The third-order valence-corrected chi connectivity index (χ3v) is 3.92. The predicted molar refractivity (Wildman–Crippen MR) is 73.9 cm³/mol. The molecule has 1 saturated heterocycles. The molecule has 8 heteroatoms. The summed E-state index contributed by atoms with van der Waals surface area (Å²) >= 11 is 6.14. The van der Waals surface area contributed by atoms with Crippen molar-refractivity contribution in [1.29, 1.82) is 0 Å². The van der Waals surface area contributed by atoms with Crippen LogP contribution in [0.3, 0.4) is 0 Å². The monoisotopic (exact) mass is 294 g/mol. The number of hydrogen-bond donors (Lipinski definition) is 1. The van der Waals surface area contributed by atoms with Gasteiger partial charge in [-0.3, -0.25) is 14.4 Å². The molecule has 0 bridgehead atoms. The summed E-state index contributed by atoms with van der Waals surface area (Å²) in [5, 5.41) is 5.27. The van der Waals surface area contributed by atoms with E-state index in [9.17, 15) is 4.79 Å². The van der Waals surface area contributed by atoms with Gasteiger partial charge in [-0.25, -0.2) is 9.97 Å². The number of nitrogens with zero attached hydrogens (tertiary/aromatic N) is 5. The van der Waals surface area contributed by atoms with Crippen molar-refractivity contribution in [1.82, 2.24) is 24.6 Å². The fraction of sp³-hybridized carbons (Fsp3) is 0.500. The normalized spacial score (nSPS) is 19.8. The molecular formula is C12H15ClN6O. The highest BCUT2D eigenvalue weighted by Gasteiger charge is 2.27. The van der Waals surface area contributed by atoms with Crippen LogP contribution in [0.2, 0.25) is 5.15 Å². The molecule has 1 fully saturated rings. The zero-order chi connectivity index (χ0) is 14.3. The predicted octanol–water partition coefficient (Wildman–Crippen LogP) is 0.324. The molecule has 1 atom stereocenters. The lowest BCUT2D eigenvalue weighted by Gasteiger charge is -2.14. The van der Waals surface area contributed by atoms with Gasteiger partial charge in [0.1, 0.15) is 11.0 Å². The molecule has 1 aliphatic heterocycles. The van der Waals surface area contributed by atoms with Gasteiger partial charge in [-0.15, -0.1) is 0 Å². The van der Waals surface area contributed by atoms with Crippen molar-refractivity contribution in [2.75, 3.05) is 13.1 Å². The number of primary amides is 1. The van der Waals surface area contributed by atoms with E-state index in [1.807, 2.05) is 7.05 Å². The number of carbonyl (C=O) groups excluding carboxylic acids is 1. The lowest BCUT2D eigenvalue weighted by molar-refractivity contribution is -0.121. The van der Waals surface area contributed by atoms with Crippen LogP contribution in [0.1, 0.15) is 12.2 Å². The number of aromatic nitrogens is 4. The van der Waals surface area contributed by atoms with Gasteiger partial charge in [0.2, 0.25) is 5.91 Å². The summed E-state index contributed by atoms with van der Waals surface area (Å²) in [5.74, 6) is 0.315. The van der Waals surface area contributed by atoms with Crippen molar-refractivity contribution in [2.24, 2.45) is 18.7 Å². The van der Waals surface area contributed by atoms with E-state index < -0.39 is 0 Å². The Kier molecular flexibility index (Phi) is 3.31. The average Bonchev–Trinajstić information content (AvgIpc) is 2.98. The minimum atomic E-state index is -0.242. The van der Waals surface area contributed by atoms with Gasteiger partial charge in [0, 0.05) is 13.6 Å². The van der Waals surface area contributed by atoms with Crippen LogP contribution in [0, 0.1) is 5.92 Å². The molecule has 2 aromatic heterocycles. The van der Waals surface area contributed by atoms with Gasteiger partial charge in [-0.1, -0.05) is 11.6 Å². The summed E-state index contributed by atoms with van der Waals surface area (Å²) in [6.45, 7) is 2.03. The molecule has 2 aromatic rings. The number of carbonyl (C=O) groups is 1. The van der Waals surface area contributed by atoms with Crippen LogP contribution in [-0.4, -0.2) is 43.6 Å². The number of fused-ring (bicyclic) bond motifs is 1. The number of halogens is 1. The standard InChI is InChI=1S/C12H15ClN6O/c1-18-12-8(4-15-18)10(13)16-9(17-12)6-19-3-2-7(5-19)11(14)20/h4,7H,2-3,5-6H2,1H3,(H2,14,20). The number of rotatable bonds is 3. The Morgan fingerprint density at radius 2 is 2.35 bits per heavy atom. The smallest absolute Gasteiger partial charge is 0.221 e. The van der Waals surface area contributed by atoms with Gasteiger partial charge in [0.25, 0.3) is 0 Å². The topological polar surface area (TPSA) is 89.9 Å². The minimum Gasteiger partial charge on any atom is -0.369 e. The molecule has 0 aliphatic carbocycles. The highest BCUT2D eigenvalue weighted by Crippen LogP contribution is 2.21. The van der Waals surface area contributed by atoms with Crippen LogP contribution in [-0.2, 0) is 18.4 Å². The molecule has 2 N–H and O–H groups in total. The fourth-order valence-electron chi connectivity index (χ4n) is 2.51. The second-order valence-corrected chi connectivity index (χ2v) is 5.42. The van der Waals surface area contributed by atoms with Crippen molar-refractivity contribution in [3.8, 4) is 0 Å². The molecule has 0 aromatic carbocycles. The Balaban J connectivity index is 1.81. The molecule has 0 saturated carbocycles. The summed E-state index contributed by atoms with van der Waals surface area (Å²) in [4.78, 5) is 22.1. The third kappa shape index (κ3) is 2.34. The van der Waals surface area contributed by atoms with E-state index in [-0.39, 0.29) is 11.8 Å². The largest absolute Gasteiger partial charge is 0.369 e. The second-order valence-electron chi connectivity index (χ2n) is 5.06. The van der Waals surface area contributed by atoms with Gasteiger partial charge in [0.15, 0.2) is 5.65 Å². The number of hydrogen-bond acceptors (Lipinski definition) is 5. The number of nitrogens with two attached hydrogens (primary N) is 1. The van der Waals surface area contributed by atoms with Crippen LogP contribution in [0.4, 0.5) is 0 Å². The van der Waals surface area contributed by atoms with E-state index in [1.165, 1.54) is 0 Å². The Morgan fingerprint density at radius 1 is 1.55 bits per heavy atom. The van der Waals surface area contributed by atoms with E-state index in [0.29, 0.717) is 29.7 Å². The first-order valence-electron chi connectivity index (χ1n) is 6.40. The fourth-order valence-corrected chi connectivity index (χ4v) is 2.74.